The first-order chi connectivity index (χ1) is 18.9. The predicted molar refractivity (Wildman–Crippen MR) is 159 cm³/mol. The van der Waals surface area contributed by atoms with E-state index in [2.05, 4.69) is 35.5 Å². The smallest absolute Gasteiger partial charge is 0.415 e. The summed E-state index contributed by atoms with van der Waals surface area (Å²) in [5, 5.41) is 6.61. The number of carbonyl (C=O) groups is 1. The molecule has 5 aromatic rings. The minimum atomic E-state index is -3.77. The van der Waals surface area contributed by atoms with E-state index in [0.717, 1.165) is 40.1 Å². The molecule has 7 heteroatoms. The first-order valence-corrected chi connectivity index (χ1v) is 14.8. The lowest BCUT2D eigenvalue weighted by Crippen LogP contribution is -2.22. The van der Waals surface area contributed by atoms with Gasteiger partial charge in [-0.3, -0.25) is 5.32 Å². The Kier molecular flexibility index (Phi) is 7.97. The third-order valence-corrected chi connectivity index (χ3v) is 7.56. The van der Waals surface area contributed by atoms with E-state index in [-0.39, 0.29) is 0 Å². The SMILES string of the molecule is CN(CCc1ccccc1)Cc1cc2ccccc2cc1NC(=O)OP(C)(=O)Oc1cccc2ccccc12. The molecule has 6 nitrogen and oxygen atoms in total. The van der Waals surface area contributed by atoms with Gasteiger partial charge >= 0.3 is 13.7 Å². The van der Waals surface area contributed by atoms with Crippen LogP contribution in [0, 0.1) is 0 Å². The van der Waals surface area contributed by atoms with Crippen LogP contribution in [0.25, 0.3) is 21.5 Å². The van der Waals surface area contributed by atoms with Crippen molar-refractivity contribution in [3.05, 3.63) is 120 Å². The van der Waals surface area contributed by atoms with E-state index in [4.69, 9.17) is 9.05 Å². The van der Waals surface area contributed by atoms with Gasteiger partial charge in [-0.05, 0) is 59.0 Å². The standard InChI is InChI=1S/C32H31N2O4P/c1-34(20-19-24-11-4-3-5-12-24)23-28-21-26-14-6-7-15-27(26)22-30(28)33-32(35)38-39(2,36)37-31-18-10-16-25-13-8-9-17-29(25)31/h3-18,21-22H,19-20,23H2,1-2H3,(H,33,35). The van der Waals surface area contributed by atoms with Crippen LogP contribution < -0.4 is 9.84 Å². The summed E-state index contributed by atoms with van der Waals surface area (Å²) in [6.07, 6.45) is 0.0878. The summed E-state index contributed by atoms with van der Waals surface area (Å²) in [6.45, 7) is 2.76. The summed E-state index contributed by atoms with van der Waals surface area (Å²) in [7, 11) is -1.72. The molecule has 0 aromatic heterocycles. The van der Waals surface area contributed by atoms with Crippen molar-refractivity contribution in [2.45, 2.75) is 13.0 Å². The van der Waals surface area contributed by atoms with Crippen molar-refractivity contribution in [1.29, 1.82) is 0 Å². The molecule has 0 aliphatic heterocycles. The minimum Gasteiger partial charge on any atom is -0.415 e. The number of benzene rings is 5. The lowest BCUT2D eigenvalue weighted by Gasteiger charge is -2.21. The van der Waals surface area contributed by atoms with Crippen molar-refractivity contribution in [1.82, 2.24) is 4.90 Å². The van der Waals surface area contributed by atoms with Gasteiger partial charge in [-0.25, -0.2) is 9.36 Å². The minimum absolute atomic E-state index is 0.401. The van der Waals surface area contributed by atoms with E-state index in [9.17, 15) is 9.36 Å². The van der Waals surface area contributed by atoms with Crippen LogP contribution in [-0.4, -0.2) is 31.3 Å². The van der Waals surface area contributed by atoms with Crippen molar-refractivity contribution in [3.8, 4) is 5.75 Å². The Balaban J connectivity index is 1.31. The molecule has 0 radical (unpaired) electrons. The number of amides is 1. The van der Waals surface area contributed by atoms with Gasteiger partial charge in [0.1, 0.15) is 5.75 Å². The summed E-state index contributed by atoms with van der Waals surface area (Å²) in [4.78, 5) is 15.2. The van der Waals surface area contributed by atoms with E-state index in [1.54, 1.807) is 6.07 Å². The van der Waals surface area contributed by atoms with Gasteiger partial charge in [0.15, 0.2) is 0 Å². The topological polar surface area (TPSA) is 67.9 Å². The molecule has 1 atom stereocenters. The van der Waals surface area contributed by atoms with Crippen LogP contribution in [0.4, 0.5) is 10.5 Å². The molecule has 0 spiro atoms. The Morgan fingerprint density at radius 3 is 2.23 bits per heavy atom. The highest BCUT2D eigenvalue weighted by Gasteiger charge is 2.25. The summed E-state index contributed by atoms with van der Waals surface area (Å²) in [6, 6.07) is 35.4. The zero-order valence-electron chi connectivity index (χ0n) is 22.0. The third kappa shape index (κ3) is 6.85. The fourth-order valence-corrected chi connectivity index (χ4v) is 5.53. The zero-order chi connectivity index (χ0) is 27.2. The van der Waals surface area contributed by atoms with Crippen molar-refractivity contribution in [2.75, 3.05) is 25.6 Å². The number of rotatable bonds is 9. The van der Waals surface area contributed by atoms with E-state index in [1.807, 2.05) is 84.9 Å². The molecule has 198 valence electrons. The van der Waals surface area contributed by atoms with Gasteiger partial charge in [-0.1, -0.05) is 91.0 Å². The number of likely N-dealkylation sites (N-methyl/N-ethyl adjacent to an activating group) is 1. The van der Waals surface area contributed by atoms with Gasteiger partial charge in [0.05, 0.1) is 6.66 Å². The molecule has 0 heterocycles. The fraction of sp³-hybridized carbons (Fsp3) is 0.156. The van der Waals surface area contributed by atoms with Crippen LogP contribution in [0.5, 0.6) is 5.75 Å². The van der Waals surface area contributed by atoms with Crippen molar-refractivity contribution >= 4 is 40.9 Å². The van der Waals surface area contributed by atoms with Crippen LogP contribution in [0.3, 0.4) is 0 Å². The Labute approximate surface area is 228 Å². The normalized spacial score (nSPS) is 12.8. The summed E-state index contributed by atoms with van der Waals surface area (Å²) in [5.74, 6) is 0.401. The second-order valence-corrected chi connectivity index (χ2v) is 11.6. The van der Waals surface area contributed by atoms with Crippen molar-refractivity contribution in [2.24, 2.45) is 0 Å². The Hall–Kier alpha value is -4.12. The van der Waals surface area contributed by atoms with Crippen molar-refractivity contribution < 1.29 is 18.4 Å². The van der Waals surface area contributed by atoms with E-state index in [0.29, 0.717) is 18.0 Å². The molecule has 5 aromatic carbocycles. The van der Waals surface area contributed by atoms with Gasteiger partial charge < -0.3 is 13.9 Å². The second kappa shape index (κ2) is 11.7. The molecule has 0 aliphatic carbocycles. The predicted octanol–water partition coefficient (Wildman–Crippen LogP) is 8.12. The van der Waals surface area contributed by atoms with Crippen LogP contribution in [0.2, 0.25) is 0 Å². The molecule has 0 saturated carbocycles. The number of anilines is 1. The second-order valence-electron chi connectivity index (χ2n) is 9.67. The number of carbonyl (C=O) groups excluding carboxylic acids is 1. The molecule has 1 N–H and O–H groups in total. The summed E-state index contributed by atoms with van der Waals surface area (Å²) in [5.41, 5.74) is 2.81. The molecular weight excluding hydrogens is 507 g/mol. The molecule has 0 fully saturated rings. The van der Waals surface area contributed by atoms with Gasteiger partial charge in [0.25, 0.3) is 0 Å². The highest BCUT2D eigenvalue weighted by molar-refractivity contribution is 7.54. The monoisotopic (exact) mass is 538 g/mol. The Morgan fingerprint density at radius 2 is 1.46 bits per heavy atom. The zero-order valence-corrected chi connectivity index (χ0v) is 22.9. The van der Waals surface area contributed by atoms with Gasteiger partial charge in [0, 0.05) is 24.2 Å². The lowest BCUT2D eigenvalue weighted by molar-refractivity contribution is 0.209. The number of nitrogens with one attached hydrogen (secondary N) is 1. The largest absolute Gasteiger partial charge is 0.431 e. The summed E-state index contributed by atoms with van der Waals surface area (Å²) >= 11 is 0. The molecule has 0 bridgehead atoms. The van der Waals surface area contributed by atoms with E-state index >= 15 is 0 Å². The number of hydrogen-bond acceptors (Lipinski definition) is 5. The van der Waals surface area contributed by atoms with E-state index in [1.165, 1.54) is 12.2 Å². The summed E-state index contributed by atoms with van der Waals surface area (Å²) < 4.78 is 24.3. The van der Waals surface area contributed by atoms with Crippen molar-refractivity contribution in [3.63, 3.8) is 0 Å². The molecule has 1 amide bonds. The number of nitrogens with zero attached hydrogens (tertiary/aromatic N) is 1. The van der Waals surface area contributed by atoms with E-state index < -0.39 is 13.7 Å². The highest BCUT2D eigenvalue weighted by atomic mass is 31.2. The maximum atomic E-state index is 13.2. The number of hydrogen-bond donors (Lipinski definition) is 1. The number of fused-ring (bicyclic) bond motifs is 2. The molecule has 0 saturated heterocycles. The van der Waals surface area contributed by atoms with Crippen LogP contribution in [0.15, 0.2) is 109 Å². The molecule has 1 unspecified atom stereocenters. The Morgan fingerprint density at radius 1 is 0.821 bits per heavy atom. The molecule has 5 rings (SSSR count). The van der Waals surface area contributed by atoms with Gasteiger partial charge in [-0.2, -0.15) is 0 Å². The third-order valence-electron chi connectivity index (χ3n) is 6.54. The molecular formula is C32H31N2O4P. The maximum Gasteiger partial charge on any atom is 0.431 e. The van der Waals surface area contributed by atoms with Crippen LogP contribution in [-0.2, 0) is 22.1 Å². The molecule has 39 heavy (non-hydrogen) atoms. The van der Waals surface area contributed by atoms with Crippen LogP contribution >= 0.6 is 7.60 Å². The Bertz CT molecular complexity index is 1650. The average molecular weight is 539 g/mol. The molecule has 0 aliphatic rings. The van der Waals surface area contributed by atoms with Crippen LogP contribution in [0.1, 0.15) is 11.1 Å². The highest BCUT2D eigenvalue weighted by Crippen LogP contribution is 2.46. The van der Waals surface area contributed by atoms with Gasteiger partial charge in [-0.15, -0.1) is 0 Å². The first-order valence-electron chi connectivity index (χ1n) is 12.9. The lowest BCUT2D eigenvalue weighted by atomic mass is 10.0. The fourth-order valence-electron chi connectivity index (χ4n) is 4.63. The van der Waals surface area contributed by atoms with Gasteiger partial charge in [0.2, 0.25) is 0 Å². The quantitative estimate of drug-likeness (QED) is 0.192. The maximum absolute atomic E-state index is 13.2. The first kappa shape index (κ1) is 26.5. The average Bonchev–Trinajstić information content (AvgIpc) is 2.92.